The van der Waals surface area contributed by atoms with Crippen molar-refractivity contribution in [3.05, 3.63) is 0 Å². The van der Waals surface area contributed by atoms with Crippen LogP contribution in [-0.2, 0) is 9.59 Å². The Balaban J connectivity index is 0.00000392. The second-order valence-electron chi connectivity index (χ2n) is 9.77. The second-order valence-corrected chi connectivity index (χ2v) is 9.77. The Kier molecular flexibility index (Phi) is 7.93. The molecule has 2 rings (SSSR count). The minimum Gasteiger partial charge on any atom is -0.344 e. The molecule has 1 saturated heterocycles. The van der Waals surface area contributed by atoms with Crippen LogP contribution in [0.1, 0.15) is 60.3 Å². The lowest BCUT2D eigenvalue weighted by atomic mass is 9.64. The molecule has 2 fully saturated rings. The average Bonchev–Trinajstić information content (AvgIpc) is 2.73. The molecule has 0 bridgehead atoms. The van der Waals surface area contributed by atoms with E-state index in [-0.39, 0.29) is 42.2 Å². The fraction of sp³-hybridized carbons (Fsp3) is 0.850. The number of rotatable bonds is 6. The normalized spacial score (nSPS) is 27.6. The lowest BCUT2D eigenvalue weighted by Gasteiger charge is -2.43. The van der Waals surface area contributed by atoms with E-state index in [2.05, 4.69) is 26.1 Å². The summed E-state index contributed by atoms with van der Waals surface area (Å²) in [6, 6.07) is -0.434. The van der Waals surface area contributed by atoms with E-state index in [0.29, 0.717) is 37.6 Å². The van der Waals surface area contributed by atoms with Crippen molar-refractivity contribution >= 4 is 30.3 Å². The van der Waals surface area contributed by atoms with E-state index in [1.165, 1.54) is 0 Å². The summed E-state index contributed by atoms with van der Waals surface area (Å²) in [5.74, 6) is 0.187. The van der Waals surface area contributed by atoms with Gasteiger partial charge in [0.1, 0.15) is 12.1 Å². The van der Waals surface area contributed by atoms with Crippen LogP contribution in [0.25, 0.3) is 0 Å². The van der Waals surface area contributed by atoms with Gasteiger partial charge in [0.2, 0.25) is 5.91 Å². The third kappa shape index (κ3) is 5.38. The van der Waals surface area contributed by atoms with Crippen LogP contribution in [0.15, 0.2) is 0 Å². The molecule has 162 valence electrons. The lowest BCUT2D eigenvalue weighted by molar-refractivity contribution is -0.140. The van der Waals surface area contributed by atoms with Gasteiger partial charge in [0, 0.05) is 19.6 Å². The van der Waals surface area contributed by atoms with Gasteiger partial charge < -0.3 is 16.0 Å². The van der Waals surface area contributed by atoms with E-state index in [4.69, 9.17) is 5.73 Å². The Morgan fingerprint density at radius 1 is 1.32 bits per heavy atom. The Morgan fingerprint density at radius 2 is 1.93 bits per heavy atom. The number of nitrogens with one attached hydrogen (secondary N) is 1. The number of nitrogens with two attached hydrogens (primary N) is 1. The van der Waals surface area contributed by atoms with Crippen molar-refractivity contribution in [1.82, 2.24) is 15.1 Å². The highest BCUT2D eigenvalue weighted by Gasteiger charge is 2.56. The van der Waals surface area contributed by atoms with Gasteiger partial charge in [-0.2, -0.15) is 0 Å². The van der Waals surface area contributed by atoms with Gasteiger partial charge in [0.05, 0.1) is 0 Å². The maximum Gasteiger partial charge on any atom is 0.325 e. The number of carbonyl (C=O) groups excluding carboxylic acids is 3. The first-order chi connectivity index (χ1) is 12.4. The third-order valence-electron chi connectivity index (χ3n) is 6.00. The molecule has 0 aromatic rings. The number of likely N-dealkylation sites (N-methyl/N-ethyl adjacent to an activating group) is 1. The van der Waals surface area contributed by atoms with Crippen LogP contribution in [0, 0.1) is 17.3 Å². The Bertz CT molecular complexity index is 610. The highest BCUT2D eigenvalue weighted by molar-refractivity contribution is 6.09. The molecular formula is C20H37ClN4O3. The number of carbonyl (C=O) groups is 3. The molecule has 8 heteroatoms. The molecule has 0 aromatic carbocycles. The molecule has 0 aromatic heterocycles. The fourth-order valence-electron chi connectivity index (χ4n) is 4.71. The summed E-state index contributed by atoms with van der Waals surface area (Å²) in [6.07, 6.45) is 2.95. The van der Waals surface area contributed by atoms with E-state index < -0.39 is 11.6 Å². The fourth-order valence-corrected chi connectivity index (χ4v) is 4.71. The van der Waals surface area contributed by atoms with Crippen molar-refractivity contribution < 1.29 is 14.4 Å². The van der Waals surface area contributed by atoms with Gasteiger partial charge in [0.25, 0.3) is 5.91 Å². The Labute approximate surface area is 175 Å². The van der Waals surface area contributed by atoms with Gasteiger partial charge in [0.15, 0.2) is 0 Å². The van der Waals surface area contributed by atoms with Gasteiger partial charge in [-0.3, -0.25) is 14.5 Å². The van der Waals surface area contributed by atoms with Crippen LogP contribution in [-0.4, -0.2) is 59.4 Å². The first-order valence-electron chi connectivity index (χ1n) is 10.0. The monoisotopic (exact) mass is 416 g/mol. The van der Waals surface area contributed by atoms with Gasteiger partial charge in [-0.05, 0) is 42.9 Å². The molecule has 1 saturated carbocycles. The number of urea groups is 1. The van der Waals surface area contributed by atoms with E-state index >= 15 is 0 Å². The summed E-state index contributed by atoms with van der Waals surface area (Å²) in [7, 11) is 1.69. The van der Waals surface area contributed by atoms with Crippen molar-refractivity contribution in [2.24, 2.45) is 23.0 Å². The molecule has 1 aliphatic carbocycles. The molecule has 3 N–H and O–H groups in total. The Morgan fingerprint density at radius 3 is 2.46 bits per heavy atom. The first-order valence-corrected chi connectivity index (χ1v) is 10.0. The molecule has 3 atom stereocenters. The third-order valence-corrected chi connectivity index (χ3v) is 6.00. The van der Waals surface area contributed by atoms with Gasteiger partial charge in [-0.15, -0.1) is 12.4 Å². The number of imide groups is 1. The molecule has 4 amide bonds. The van der Waals surface area contributed by atoms with E-state index in [0.717, 1.165) is 11.3 Å². The van der Waals surface area contributed by atoms with E-state index in [9.17, 15) is 14.4 Å². The van der Waals surface area contributed by atoms with Crippen LogP contribution >= 0.6 is 12.4 Å². The lowest BCUT2D eigenvalue weighted by Crippen LogP contribution is -2.54. The minimum absolute atomic E-state index is 0. The quantitative estimate of drug-likeness (QED) is 0.649. The zero-order valence-electron chi connectivity index (χ0n) is 18.1. The van der Waals surface area contributed by atoms with Crippen molar-refractivity contribution in [2.45, 2.75) is 71.9 Å². The summed E-state index contributed by atoms with van der Waals surface area (Å²) in [5, 5.41) is 2.91. The summed E-state index contributed by atoms with van der Waals surface area (Å²) < 4.78 is 0. The highest BCUT2D eigenvalue weighted by atomic mass is 35.5. The van der Waals surface area contributed by atoms with Crippen molar-refractivity contribution in [1.29, 1.82) is 0 Å². The SMILES string of the molecule is CC1CC(C)(C)CC2(C1)NC(=O)N(CC(=O)N(C)CCC(N)C(C)C)C2=O.Cl. The maximum atomic E-state index is 13.1. The topological polar surface area (TPSA) is 95.7 Å². The smallest absolute Gasteiger partial charge is 0.325 e. The van der Waals surface area contributed by atoms with Crippen LogP contribution in [0.3, 0.4) is 0 Å². The second kappa shape index (κ2) is 8.99. The molecule has 2 aliphatic rings. The van der Waals surface area contributed by atoms with Crippen molar-refractivity contribution in [3.63, 3.8) is 0 Å². The van der Waals surface area contributed by atoms with Gasteiger partial charge in [-0.25, -0.2) is 4.79 Å². The van der Waals surface area contributed by atoms with Crippen LogP contribution in [0.2, 0.25) is 0 Å². The number of hydrogen-bond acceptors (Lipinski definition) is 4. The highest BCUT2D eigenvalue weighted by Crippen LogP contribution is 2.46. The molecule has 28 heavy (non-hydrogen) atoms. The van der Waals surface area contributed by atoms with Crippen molar-refractivity contribution in [2.75, 3.05) is 20.1 Å². The maximum absolute atomic E-state index is 13.1. The van der Waals surface area contributed by atoms with Gasteiger partial charge >= 0.3 is 6.03 Å². The van der Waals surface area contributed by atoms with E-state index in [1.54, 1.807) is 11.9 Å². The molecule has 3 unspecified atom stereocenters. The molecule has 1 heterocycles. The van der Waals surface area contributed by atoms with Gasteiger partial charge in [-0.1, -0.05) is 34.6 Å². The number of hydrogen-bond donors (Lipinski definition) is 2. The standard InChI is InChI=1S/C20H36N4O3.ClH/c1-13(2)15(21)7-8-23(6)16(25)11-24-17(26)20(22-18(24)27)10-14(3)9-19(4,5)12-20;/h13-15H,7-12,21H2,1-6H3,(H,22,27);1H. The average molecular weight is 417 g/mol. The summed E-state index contributed by atoms with van der Waals surface area (Å²) in [5.41, 5.74) is 5.15. The van der Waals surface area contributed by atoms with Crippen LogP contribution in [0.4, 0.5) is 4.79 Å². The molecule has 1 aliphatic heterocycles. The molecule has 7 nitrogen and oxygen atoms in total. The molecule has 1 spiro atoms. The summed E-state index contributed by atoms with van der Waals surface area (Å²) in [6.45, 7) is 10.8. The van der Waals surface area contributed by atoms with Crippen molar-refractivity contribution in [3.8, 4) is 0 Å². The van der Waals surface area contributed by atoms with Crippen LogP contribution < -0.4 is 11.1 Å². The first kappa shape index (κ1) is 24.7. The zero-order valence-corrected chi connectivity index (χ0v) is 18.9. The predicted molar refractivity (Wildman–Crippen MR) is 112 cm³/mol. The van der Waals surface area contributed by atoms with Crippen LogP contribution in [0.5, 0.6) is 0 Å². The van der Waals surface area contributed by atoms with E-state index in [1.807, 2.05) is 13.8 Å². The largest absolute Gasteiger partial charge is 0.344 e. The number of nitrogens with zero attached hydrogens (tertiary/aromatic N) is 2. The minimum atomic E-state index is -0.864. The molecule has 0 radical (unpaired) electrons. The summed E-state index contributed by atoms with van der Waals surface area (Å²) in [4.78, 5) is 40.8. The Hall–Kier alpha value is -1.34. The summed E-state index contributed by atoms with van der Waals surface area (Å²) >= 11 is 0. The predicted octanol–water partition coefficient (Wildman–Crippen LogP) is 2.38. The number of halogens is 1. The number of amides is 4. The molecular weight excluding hydrogens is 380 g/mol. The zero-order chi connectivity index (χ0) is 20.6.